The smallest absolute Gasteiger partial charge is 0.318 e. The number of pyridine rings is 1. The summed E-state index contributed by atoms with van der Waals surface area (Å²) in [4.78, 5) is 14.4. The van der Waals surface area contributed by atoms with E-state index in [2.05, 4.69) is 4.98 Å². The SMILES string of the molecule is Cc1cccc(-c2ccnc(N)c2[N+](=O)[O-])c1C. The summed E-state index contributed by atoms with van der Waals surface area (Å²) in [5.41, 5.74) is 8.87. The van der Waals surface area contributed by atoms with Gasteiger partial charge >= 0.3 is 5.69 Å². The summed E-state index contributed by atoms with van der Waals surface area (Å²) < 4.78 is 0. The highest BCUT2D eigenvalue weighted by atomic mass is 16.6. The molecule has 1 aromatic carbocycles. The predicted molar refractivity (Wildman–Crippen MR) is 70.2 cm³/mol. The Hall–Kier alpha value is -2.43. The average Bonchev–Trinajstić information content (AvgIpc) is 2.32. The van der Waals surface area contributed by atoms with Crippen LogP contribution in [0.4, 0.5) is 11.5 Å². The minimum atomic E-state index is -0.487. The summed E-state index contributed by atoms with van der Waals surface area (Å²) >= 11 is 0. The van der Waals surface area contributed by atoms with Crippen molar-refractivity contribution < 1.29 is 4.92 Å². The topological polar surface area (TPSA) is 82.0 Å². The third-order valence-electron chi connectivity index (χ3n) is 3.03. The van der Waals surface area contributed by atoms with Gasteiger partial charge in [0.2, 0.25) is 5.82 Å². The number of nitrogens with zero attached hydrogens (tertiary/aromatic N) is 2. The Morgan fingerprint density at radius 1 is 1.22 bits per heavy atom. The van der Waals surface area contributed by atoms with Gasteiger partial charge in [-0.25, -0.2) is 4.98 Å². The summed E-state index contributed by atoms with van der Waals surface area (Å²) in [5.74, 6) is -0.0570. The van der Waals surface area contributed by atoms with Crippen LogP contribution in [0.2, 0.25) is 0 Å². The van der Waals surface area contributed by atoms with Crippen LogP contribution in [0, 0.1) is 24.0 Å². The first-order valence-electron chi connectivity index (χ1n) is 5.48. The Balaban J connectivity index is 2.75. The molecule has 1 aromatic heterocycles. The molecule has 2 N–H and O–H groups in total. The van der Waals surface area contributed by atoms with Gasteiger partial charge in [0.1, 0.15) is 0 Å². The maximum atomic E-state index is 11.1. The van der Waals surface area contributed by atoms with Crippen LogP contribution in [0.5, 0.6) is 0 Å². The van der Waals surface area contributed by atoms with Crippen LogP contribution in [0.3, 0.4) is 0 Å². The molecule has 2 rings (SSSR count). The van der Waals surface area contributed by atoms with Gasteiger partial charge in [-0.2, -0.15) is 0 Å². The van der Waals surface area contributed by atoms with E-state index in [1.54, 1.807) is 6.07 Å². The molecule has 0 aliphatic rings. The molecule has 0 unspecified atom stereocenters. The summed E-state index contributed by atoms with van der Waals surface area (Å²) in [6.45, 7) is 3.90. The molecule has 1 heterocycles. The highest BCUT2D eigenvalue weighted by Crippen LogP contribution is 2.35. The van der Waals surface area contributed by atoms with Gasteiger partial charge in [0.25, 0.3) is 0 Å². The molecular formula is C13H13N3O2. The van der Waals surface area contributed by atoms with Crippen molar-refractivity contribution in [2.75, 3.05) is 5.73 Å². The number of hydrogen-bond acceptors (Lipinski definition) is 4. The van der Waals surface area contributed by atoms with Crippen LogP contribution in [0.15, 0.2) is 30.5 Å². The van der Waals surface area contributed by atoms with Gasteiger partial charge < -0.3 is 5.73 Å². The van der Waals surface area contributed by atoms with Crippen molar-refractivity contribution in [3.63, 3.8) is 0 Å². The molecule has 92 valence electrons. The molecule has 0 spiro atoms. The molecule has 0 atom stereocenters. The van der Waals surface area contributed by atoms with Gasteiger partial charge in [-0.1, -0.05) is 18.2 Å². The fourth-order valence-electron chi connectivity index (χ4n) is 1.92. The van der Waals surface area contributed by atoms with E-state index in [1.165, 1.54) is 6.20 Å². The molecule has 0 aliphatic carbocycles. The Morgan fingerprint density at radius 2 is 1.94 bits per heavy atom. The van der Waals surface area contributed by atoms with Gasteiger partial charge in [0, 0.05) is 6.20 Å². The van der Waals surface area contributed by atoms with Crippen molar-refractivity contribution >= 4 is 11.5 Å². The van der Waals surface area contributed by atoms with Gasteiger partial charge in [0.15, 0.2) is 0 Å². The molecule has 2 aromatic rings. The maximum absolute atomic E-state index is 11.1. The quantitative estimate of drug-likeness (QED) is 0.649. The van der Waals surface area contributed by atoms with E-state index < -0.39 is 4.92 Å². The first kappa shape index (κ1) is 12.0. The standard InChI is InChI=1S/C13H13N3O2/c1-8-4-3-5-10(9(8)2)11-6-7-15-13(14)12(11)16(17)18/h3-7H,1-2H3,(H2,14,15). The number of hydrogen-bond donors (Lipinski definition) is 1. The summed E-state index contributed by atoms with van der Waals surface area (Å²) in [6.07, 6.45) is 1.49. The third-order valence-corrected chi connectivity index (χ3v) is 3.03. The number of aromatic nitrogens is 1. The molecule has 0 saturated carbocycles. The van der Waals surface area contributed by atoms with E-state index >= 15 is 0 Å². The van der Waals surface area contributed by atoms with Gasteiger partial charge in [-0.05, 0) is 36.6 Å². The minimum Gasteiger partial charge on any atom is -0.378 e. The molecule has 5 nitrogen and oxygen atoms in total. The van der Waals surface area contributed by atoms with Crippen LogP contribution in [-0.4, -0.2) is 9.91 Å². The fraction of sp³-hybridized carbons (Fsp3) is 0.154. The van der Waals surface area contributed by atoms with Crippen molar-refractivity contribution in [1.82, 2.24) is 4.98 Å². The summed E-state index contributed by atoms with van der Waals surface area (Å²) in [6, 6.07) is 7.31. The van der Waals surface area contributed by atoms with Crippen LogP contribution in [0.25, 0.3) is 11.1 Å². The largest absolute Gasteiger partial charge is 0.378 e. The fourth-order valence-corrected chi connectivity index (χ4v) is 1.92. The normalized spacial score (nSPS) is 10.3. The number of aryl methyl sites for hydroxylation is 1. The molecule has 18 heavy (non-hydrogen) atoms. The Kier molecular flexibility index (Phi) is 2.97. The molecule has 0 aliphatic heterocycles. The second kappa shape index (κ2) is 4.44. The van der Waals surface area contributed by atoms with Crippen molar-refractivity contribution in [2.45, 2.75) is 13.8 Å². The van der Waals surface area contributed by atoms with Crippen molar-refractivity contribution in [3.8, 4) is 11.1 Å². The Bertz CT molecular complexity index is 624. The molecule has 0 amide bonds. The zero-order valence-corrected chi connectivity index (χ0v) is 10.2. The molecule has 0 fully saturated rings. The first-order valence-corrected chi connectivity index (χ1v) is 5.48. The van der Waals surface area contributed by atoms with E-state index in [-0.39, 0.29) is 11.5 Å². The van der Waals surface area contributed by atoms with E-state index in [0.29, 0.717) is 5.56 Å². The molecule has 0 saturated heterocycles. The lowest BCUT2D eigenvalue weighted by Gasteiger charge is -2.09. The number of nitro groups is 1. The third kappa shape index (κ3) is 1.90. The van der Waals surface area contributed by atoms with Gasteiger partial charge in [-0.15, -0.1) is 0 Å². The lowest BCUT2D eigenvalue weighted by Crippen LogP contribution is -2.01. The van der Waals surface area contributed by atoms with Crippen LogP contribution in [-0.2, 0) is 0 Å². The lowest BCUT2D eigenvalue weighted by atomic mass is 9.96. The van der Waals surface area contributed by atoms with Crippen molar-refractivity contribution in [1.29, 1.82) is 0 Å². The van der Waals surface area contributed by atoms with Gasteiger partial charge in [0.05, 0.1) is 10.5 Å². The van der Waals surface area contributed by atoms with Crippen LogP contribution < -0.4 is 5.73 Å². The highest BCUT2D eigenvalue weighted by molar-refractivity contribution is 5.81. The summed E-state index contributed by atoms with van der Waals surface area (Å²) in [7, 11) is 0. The summed E-state index contributed by atoms with van der Waals surface area (Å²) in [5, 5.41) is 11.1. The van der Waals surface area contributed by atoms with Crippen LogP contribution >= 0.6 is 0 Å². The van der Waals surface area contributed by atoms with Crippen molar-refractivity contribution in [2.24, 2.45) is 0 Å². The maximum Gasteiger partial charge on any atom is 0.318 e. The molecule has 0 radical (unpaired) electrons. The Morgan fingerprint density at radius 3 is 2.61 bits per heavy atom. The monoisotopic (exact) mass is 243 g/mol. The van der Waals surface area contributed by atoms with Crippen molar-refractivity contribution in [3.05, 3.63) is 51.7 Å². The molecule has 0 bridgehead atoms. The minimum absolute atomic E-state index is 0.0570. The lowest BCUT2D eigenvalue weighted by molar-refractivity contribution is -0.383. The zero-order chi connectivity index (χ0) is 13.3. The zero-order valence-electron chi connectivity index (χ0n) is 10.2. The van der Waals surface area contributed by atoms with Crippen LogP contribution in [0.1, 0.15) is 11.1 Å². The van der Waals surface area contributed by atoms with E-state index in [9.17, 15) is 10.1 Å². The van der Waals surface area contributed by atoms with E-state index in [0.717, 1.165) is 16.7 Å². The Labute approximate surface area is 104 Å². The average molecular weight is 243 g/mol. The number of anilines is 1. The number of nitrogen functional groups attached to an aromatic ring is 1. The highest BCUT2D eigenvalue weighted by Gasteiger charge is 2.21. The number of rotatable bonds is 2. The first-order chi connectivity index (χ1) is 8.52. The molecule has 5 heteroatoms. The number of nitrogens with two attached hydrogens (primary N) is 1. The molecular weight excluding hydrogens is 230 g/mol. The van der Waals surface area contributed by atoms with E-state index in [4.69, 9.17) is 5.73 Å². The number of benzene rings is 1. The van der Waals surface area contributed by atoms with Gasteiger partial charge in [-0.3, -0.25) is 10.1 Å². The second-order valence-corrected chi connectivity index (χ2v) is 4.10. The van der Waals surface area contributed by atoms with E-state index in [1.807, 2.05) is 32.0 Å². The predicted octanol–water partition coefficient (Wildman–Crippen LogP) is 2.86. The second-order valence-electron chi connectivity index (χ2n) is 4.10.